The minimum atomic E-state index is 0.00439. The molecule has 0 bridgehead atoms. The number of aryl methyl sites for hydroxylation is 2. The van der Waals surface area contributed by atoms with E-state index in [9.17, 15) is 4.79 Å². The molecular weight excluding hydrogens is 306 g/mol. The van der Waals surface area contributed by atoms with Crippen molar-refractivity contribution >= 4 is 5.91 Å². The quantitative estimate of drug-likeness (QED) is 0.845. The summed E-state index contributed by atoms with van der Waals surface area (Å²) in [6.07, 6.45) is 5.96. The van der Waals surface area contributed by atoms with Crippen molar-refractivity contribution < 1.29 is 13.9 Å². The molecule has 6 nitrogen and oxygen atoms in total. The van der Waals surface area contributed by atoms with Crippen LogP contribution in [0, 0.1) is 12.8 Å². The van der Waals surface area contributed by atoms with E-state index < -0.39 is 0 Å². The molecule has 1 fully saturated rings. The van der Waals surface area contributed by atoms with Crippen LogP contribution in [0.4, 0.5) is 0 Å². The lowest BCUT2D eigenvalue weighted by Gasteiger charge is -2.32. The Morgan fingerprint density at radius 2 is 2.25 bits per heavy atom. The van der Waals surface area contributed by atoms with E-state index in [-0.39, 0.29) is 11.8 Å². The van der Waals surface area contributed by atoms with Crippen LogP contribution in [-0.4, -0.2) is 40.1 Å². The zero-order chi connectivity index (χ0) is 16.7. The average molecular weight is 329 g/mol. The number of nitrogens with zero attached hydrogens (tertiary/aromatic N) is 3. The second kappa shape index (κ2) is 6.09. The maximum atomic E-state index is 12.8. The van der Waals surface area contributed by atoms with Crippen molar-refractivity contribution in [2.45, 2.75) is 32.2 Å². The molecule has 1 amide bonds. The lowest BCUT2D eigenvalue weighted by molar-refractivity contribution is 0.0617. The predicted octanol–water partition coefficient (Wildman–Crippen LogP) is 2.49. The van der Waals surface area contributed by atoms with Gasteiger partial charge in [-0.3, -0.25) is 4.79 Å². The fourth-order valence-corrected chi connectivity index (χ4v) is 3.46. The molecule has 1 saturated carbocycles. The number of hydrogen-bond donors (Lipinski definition) is 0. The van der Waals surface area contributed by atoms with E-state index in [1.54, 1.807) is 12.3 Å². The minimum absolute atomic E-state index is 0.00439. The highest BCUT2D eigenvalue weighted by Crippen LogP contribution is 2.32. The summed E-state index contributed by atoms with van der Waals surface area (Å²) in [5.41, 5.74) is 2.80. The van der Waals surface area contributed by atoms with Crippen LogP contribution in [0.3, 0.4) is 0 Å². The molecule has 1 atom stereocenters. The van der Waals surface area contributed by atoms with E-state index in [0.29, 0.717) is 31.0 Å². The molecule has 128 valence electrons. The van der Waals surface area contributed by atoms with Crippen LogP contribution < -0.4 is 0 Å². The standard InChI is InChI=1S/C18H23N3O3/c1-12-15(5-6-24-12)18(22)21-7-14(10-23-9-13-3-4-13)17-16(8-21)19-11-20(17)2/h5-6,11,13-14H,3-4,7-10H2,1-2H3/t14-/m0/s1. The number of fused-ring (bicyclic) bond motifs is 1. The van der Waals surface area contributed by atoms with Crippen molar-refractivity contribution in [2.24, 2.45) is 13.0 Å². The number of aromatic nitrogens is 2. The normalized spacial score (nSPS) is 20.2. The molecule has 0 radical (unpaired) electrons. The maximum Gasteiger partial charge on any atom is 0.257 e. The van der Waals surface area contributed by atoms with Crippen molar-refractivity contribution in [3.8, 4) is 0 Å². The van der Waals surface area contributed by atoms with E-state index in [1.807, 2.05) is 25.2 Å². The Kier molecular flexibility index (Phi) is 3.92. The fourth-order valence-electron chi connectivity index (χ4n) is 3.46. The lowest BCUT2D eigenvalue weighted by atomic mass is 9.98. The number of hydrogen-bond acceptors (Lipinski definition) is 4. The monoisotopic (exact) mass is 329 g/mol. The number of rotatable bonds is 5. The van der Waals surface area contributed by atoms with Crippen LogP contribution in [0.25, 0.3) is 0 Å². The third kappa shape index (κ3) is 2.86. The molecule has 0 aromatic carbocycles. The van der Waals surface area contributed by atoms with Crippen molar-refractivity contribution in [3.63, 3.8) is 0 Å². The van der Waals surface area contributed by atoms with Gasteiger partial charge < -0.3 is 18.6 Å². The van der Waals surface area contributed by atoms with E-state index in [2.05, 4.69) is 9.55 Å². The first kappa shape index (κ1) is 15.4. The maximum absolute atomic E-state index is 12.8. The molecular formula is C18H23N3O3. The molecule has 6 heteroatoms. The summed E-state index contributed by atoms with van der Waals surface area (Å²) < 4.78 is 13.3. The third-order valence-corrected chi connectivity index (χ3v) is 4.98. The molecule has 1 aliphatic heterocycles. The Bertz CT molecular complexity index is 745. The largest absolute Gasteiger partial charge is 0.469 e. The Morgan fingerprint density at radius 3 is 2.96 bits per heavy atom. The molecule has 0 spiro atoms. The van der Waals surface area contributed by atoms with Crippen LogP contribution in [0.2, 0.25) is 0 Å². The first-order valence-electron chi connectivity index (χ1n) is 8.54. The number of amides is 1. The third-order valence-electron chi connectivity index (χ3n) is 4.98. The van der Waals surface area contributed by atoms with Gasteiger partial charge in [-0.05, 0) is 31.7 Å². The van der Waals surface area contributed by atoms with Gasteiger partial charge in [-0.2, -0.15) is 0 Å². The second-order valence-corrected chi connectivity index (χ2v) is 6.94. The Labute approximate surface area is 141 Å². The minimum Gasteiger partial charge on any atom is -0.469 e. The van der Waals surface area contributed by atoms with Gasteiger partial charge in [0, 0.05) is 31.8 Å². The van der Waals surface area contributed by atoms with E-state index >= 15 is 0 Å². The Morgan fingerprint density at radius 1 is 1.42 bits per heavy atom. The van der Waals surface area contributed by atoms with Crippen LogP contribution in [0.5, 0.6) is 0 Å². The molecule has 4 rings (SSSR count). The Balaban J connectivity index is 1.53. The summed E-state index contributed by atoms with van der Waals surface area (Å²) >= 11 is 0. The summed E-state index contributed by atoms with van der Waals surface area (Å²) in [5, 5.41) is 0. The summed E-state index contributed by atoms with van der Waals surface area (Å²) in [5.74, 6) is 1.57. The number of imidazole rings is 1. The molecule has 0 saturated heterocycles. The SMILES string of the molecule is Cc1occc1C(=O)N1Cc2ncn(C)c2[C@H](COCC2CC2)C1. The van der Waals surface area contributed by atoms with Crippen molar-refractivity contribution in [1.29, 1.82) is 0 Å². The summed E-state index contributed by atoms with van der Waals surface area (Å²) in [6.45, 7) is 4.48. The second-order valence-electron chi connectivity index (χ2n) is 6.94. The highest BCUT2D eigenvalue weighted by molar-refractivity contribution is 5.95. The average Bonchev–Trinajstić information content (AvgIpc) is 3.18. The molecule has 3 heterocycles. The zero-order valence-corrected chi connectivity index (χ0v) is 14.2. The van der Waals surface area contributed by atoms with Crippen molar-refractivity contribution in [1.82, 2.24) is 14.5 Å². The predicted molar refractivity (Wildman–Crippen MR) is 87.7 cm³/mol. The van der Waals surface area contributed by atoms with Gasteiger partial charge in [0.05, 0.1) is 37.0 Å². The molecule has 2 aliphatic rings. The van der Waals surface area contributed by atoms with Crippen LogP contribution in [0.1, 0.15) is 46.3 Å². The number of carbonyl (C=O) groups is 1. The van der Waals surface area contributed by atoms with Gasteiger partial charge in [0.2, 0.25) is 0 Å². The van der Waals surface area contributed by atoms with Crippen molar-refractivity contribution in [3.05, 3.63) is 41.4 Å². The van der Waals surface area contributed by atoms with Gasteiger partial charge in [0.25, 0.3) is 5.91 Å². The molecule has 24 heavy (non-hydrogen) atoms. The molecule has 0 unspecified atom stereocenters. The lowest BCUT2D eigenvalue weighted by Crippen LogP contribution is -2.40. The number of carbonyl (C=O) groups excluding carboxylic acids is 1. The number of furan rings is 1. The first-order chi connectivity index (χ1) is 11.6. The van der Waals surface area contributed by atoms with Gasteiger partial charge >= 0.3 is 0 Å². The zero-order valence-electron chi connectivity index (χ0n) is 14.2. The molecule has 2 aromatic heterocycles. The van der Waals surface area contributed by atoms with Crippen molar-refractivity contribution in [2.75, 3.05) is 19.8 Å². The van der Waals surface area contributed by atoms with Gasteiger partial charge in [-0.25, -0.2) is 4.98 Å². The summed E-state index contributed by atoms with van der Waals surface area (Å²) in [6, 6.07) is 1.74. The van der Waals surface area contributed by atoms with Gasteiger partial charge in [-0.15, -0.1) is 0 Å². The van der Waals surface area contributed by atoms with Crippen LogP contribution in [-0.2, 0) is 18.3 Å². The smallest absolute Gasteiger partial charge is 0.257 e. The topological polar surface area (TPSA) is 60.5 Å². The van der Waals surface area contributed by atoms with E-state index in [0.717, 1.165) is 18.2 Å². The fraction of sp³-hybridized carbons (Fsp3) is 0.556. The highest BCUT2D eigenvalue weighted by atomic mass is 16.5. The molecule has 2 aromatic rings. The number of ether oxygens (including phenoxy) is 1. The summed E-state index contributed by atoms with van der Waals surface area (Å²) in [7, 11) is 2.01. The van der Waals surface area contributed by atoms with Crippen LogP contribution in [0.15, 0.2) is 23.1 Å². The first-order valence-corrected chi connectivity index (χ1v) is 8.54. The van der Waals surface area contributed by atoms with Gasteiger partial charge in [0.15, 0.2) is 0 Å². The van der Waals surface area contributed by atoms with Gasteiger partial charge in [0.1, 0.15) is 5.76 Å². The van der Waals surface area contributed by atoms with E-state index in [4.69, 9.17) is 9.15 Å². The van der Waals surface area contributed by atoms with Crippen LogP contribution >= 0.6 is 0 Å². The molecule has 1 aliphatic carbocycles. The molecule has 0 N–H and O–H groups in total. The summed E-state index contributed by atoms with van der Waals surface area (Å²) in [4.78, 5) is 19.2. The Hall–Kier alpha value is -2.08. The van der Waals surface area contributed by atoms with Gasteiger partial charge in [-0.1, -0.05) is 0 Å². The highest BCUT2D eigenvalue weighted by Gasteiger charge is 2.33. The van der Waals surface area contributed by atoms with E-state index in [1.165, 1.54) is 18.5 Å².